The van der Waals surface area contributed by atoms with Gasteiger partial charge >= 0.3 is 0 Å². The van der Waals surface area contributed by atoms with E-state index in [-0.39, 0.29) is 5.82 Å². The van der Waals surface area contributed by atoms with Crippen LogP contribution in [-0.2, 0) is 10.0 Å². The van der Waals surface area contributed by atoms with Gasteiger partial charge in [-0.05, 0) is 60.8 Å². The first-order valence-corrected chi connectivity index (χ1v) is 11.7. The predicted molar refractivity (Wildman–Crippen MR) is 115 cm³/mol. The highest BCUT2D eigenvalue weighted by Crippen LogP contribution is 2.18. The van der Waals surface area contributed by atoms with E-state index in [4.69, 9.17) is 0 Å². The molecule has 0 spiro atoms. The smallest absolute Gasteiger partial charge is 0.240 e. The fourth-order valence-electron chi connectivity index (χ4n) is 3.51. The monoisotopic (exact) mass is 419 g/mol. The van der Waals surface area contributed by atoms with Crippen LogP contribution in [0, 0.1) is 5.82 Å². The Morgan fingerprint density at radius 2 is 1.59 bits per heavy atom. The van der Waals surface area contributed by atoms with Crippen LogP contribution >= 0.6 is 0 Å². The van der Waals surface area contributed by atoms with Crippen molar-refractivity contribution in [3.05, 3.63) is 59.9 Å². The number of sulfonamides is 1. The number of rotatable bonds is 8. The molecule has 0 aromatic heterocycles. The van der Waals surface area contributed by atoms with Gasteiger partial charge in [-0.1, -0.05) is 26.0 Å². The Kier molecular flexibility index (Phi) is 7.27. The Bertz CT molecular complexity index is 875. The lowest BCUT2D eigenvalue weighted by Gasteiger charge is -2.36. The van der Waals surface area contributed by atoms with Gasteiger partial charge in [0.2, 0.25) is 10.0 Å². The molecule has 2 aromatic rings. The van der Waals surface area contributed by atoms with E-state index in [1.807, 2.05) is 24.3 Å². The topological polar surface area (TPSA) is 52.7 Å². The van der Waals surface area contributed by atoms with Crippen molar-refractivity contribution in [3.63, 3.8) is 0 Å². The van der Waals surface area contributed by atoms with Crippen LogP contribution in [0.5, 0.6) is 0 Å². The van der Waals surface area contributed by atoms with Gasteiger partial charge < -0.3 is 4.90 Å². The van der Waals surface area contributed by atoms with Gasteiger partial charge in [0.1, 0.15) is 5.82 Å². The Hall–Kier alpha value is -1.96. The standard InChI is InChI=1S/C22H30FN3O2S/c1-18(2)19-4-10-22(11-5-19)29(27,28)24-12-3-13-25-14-16-26(17-15-25)21-8-6-20(23)7-9-21/h4-11,18,24H,3,12-17H2,1-2H3. The van der Waals surface area contributed by atoms with Crippen LogP contribution in [0.4, 0.5) is 10.1 Å². The second-order valence-electron chi connectivity index (χ2n) is 7.78. The first kappa shape index (κ1) is 21.7. The van der Waals surface area contributed by atoms with Gasteiger partial charge in [-0.2, -0.15) is 0 Å². The van der Waals surface area contributed by atoms with Crippen LogP contribution in [0.25, 0.3) is 0 Å². The normalized spacial score (nSPS) is 15.8. The molecule has 0 bridgehead atoms. The molecule has 0 aliphatic carbocycles. The van der Waals surface area contributed by atoms with E-state index in [9.17, 15) is 12.8 Å². The number of hydrogen-bond acceptors (Lipinski definition) is 4. The summed E-state index contributed by atoms with van der Waals surface area (Å²) in [4.78, 5) is 4.90. The van der Waals surface area contributed by atoms with E-state index in [1.165, 1.54) is 12.1 Å². The molecular formula is C22H30FN3O2S. The van der Waals surface area contributed by atoms with E-state index in [2.05, 4.69) is 28.4 Å². The van der Waals surface area contributed by atoms with Gasteiger partial charge in [-0.15, -0.1) is 0 Å². The Balaban J connectivity index is 1.40. The van der Waals surface area contributed by atoms with Crippen LogP contribution in [0.15, 0.2) is 53.4 Å². The summed E-state index contributed by atoms with van der Waals surface area (Å²) >= 11 is 0. The highest BCUT2D eigenvalue weighted by atomic mass is 32.2. The number of benzene rings is 2. The van der Waals surface area contributed by atoms with Crippen molar-refractivity contribution in [2.24, 2.45) is 0 Å². The summed E-state index contributed by atoms with van der Waals surface area (Å²) in [6.07, 6.45) is 0.764. The Morgan fingerprint density at radius 1 is 0.966 bits per heavy atom. The van der Waals surface area contributed by atoms with E-state index in [0.29, 0.717) is 17.4 Å². The number of piperazine rings is 1. The molecule has 3 rings (SSSR count). The summed E-state index contributed by atoms with van der Waals surface area (Å²) in [5.74, 6) is 0.161. The van der Waals surface area contributed by atoms with Gasteiger partial charge in [0.15, 0.2) is 0 Å². The van der Waals surface area contributed by atoms with Gasteiger partial charge in [-0.3, -0.25) is 4.90 Å². The van der Waals surface area contributed by atoms with Gasteiger partial charge in [0, 0.05) is 38.4 Å². The molecule has 0 saturated carbocycles. The zero-order chi connectivity index (χ0) is 20.9. The number of nitrogens with one attached hydrogen (secondary N) is 1. The minimum atomic E-state index is -3.46. The lowest BCUT2D eigenvalue weighted by molar-refractivity contribution is 0.255. The van der Waals surface area contributed by atoms with Gasteiger partial charge in [0.25, 0.3) is 0 Å². The number of hydrogen-bond donors (Lipinski definition) is 1. The molecule has 1 aliphatic rings. The van der Waals surface area contributed by atoms with Crippen molar-refractivity contribution in [1.82, 2.24) is 9.62 Å². The molecule has 1 fully saturated rings. The van der Waals surface area contributed by atoms with Gasteiger partial charge in [-0.25, -0.2) is 17.5 Å². The van der Waals surface area contributed by atoms with E-state index >= 15 is 0 Å². The second kappa shape index (κ2) is 9.69. The van der Waals surface area contributed by atoms with Crippen LogP contribution in [0.2, 0.25) is 0 Å². The average Bonchev–Trinajstić information content (AvgIpc) is 2.72. The van der Waals surface area contributed by atoms with Crippen LogP contribution < -0.4 is 9.62 Å². The molecule has 1 heterocycles. The second-order valence-corrected chi connectivity index (χ2v) is 9.55. The highest BCUT2D eigenvalue weighted by molar-refractivity contribution is 7.89. The SMILES string of the molecule is CC(C)c1ccc(S(=O)(=O)NCCCN2CCN(c3ccc(F)cc3)CC2)cc1. The first-order valence-electron chi connectivity index (χ1n) is 10.2. The summed E-state index contributed by atoms with van der Waals surface area (Å²) in [5.41, 5.74) is 2.17. The van der Waals surface area contributed by atoms with E-state index < -0.39 is 10.0 Å². The minimum absolute atomic E-state index is 0.217. The minimum Gasteiger partial charge on any atom is -0.369 e. The molecule has 7 heteroatoms. The molecule has 158 valence electrons. The lowest BCUT2D eigenvalue weighted by atomic mass is 10.0. The third-order valence-corrected chi connectivity index (χ3v) is 6.84. The Labute approximate surface area is 173 Å². The lowest BCUT2D eigenvalue weighted by Crippen LogP contribution is -2.47. The highest BCUT2D eigenvalue weighted by Gasteiger charge is 2.18. The summed E-state index contributed by atoms with van der Waals surface area (Å²) in [6.45, 7) is 9.06. The molecule has 1 N–H and O–H groups in total. The number of nitrogens with zero attached hydrogens (tertiary/aromatic N) is 2. The maximum Gasteiger partial charge on any atom is 0.240 e. The molecule has 2 aromatic carbocycles. The van der Waals surface area contributed by atoms with E-state index in [1.54, 1.807) is 12.1 Å². The van der Waals surface area contributed by atoms with Crippen molar-refractivity contribution in [1.29, 1.82) is 0 Å². The zero-order valence-electron chi connectivity index (χ0n) is 17.1. The van der Waals surface area contributed by atoms with Crippen molar-refractivity contribution in [3.8, 4) is 0 Å². The molecule has 0 atom stereocenters. The third-order valence-electron chi connectivity index (χ3n) is 5.36. The van der Waals surface area contributed by atoms with Crippen molar-refractivity contribution in [2.45, 2.75) is 31.1 Å². The summed E-state index contributed by atoms with van der Waals surface area (Å²) in [5, 5.41) is 0. The summed E-state index contributed by atoms with van der Waals surface area (Å²) in [6, 6.07) is 13.7. The third kappa shape index (κ3) is 6.01. The quantitative estimate of drug-likeness (QED) is 0.666. The average molecular weight is 420 g/mol. The molecule has 0 amide bonds. The summed E-state index contributed by atoms with van der Waals surface area (Å²) < 4.78 is 40.6. The Morgan fingerprint density at radius 3 is 2.17 bits per heavy atom. The largest absolute Gasteiger partial charge is 0.369 e. The molecule has 29 heavy (non-hydrogen) atoms. The maximum atomic E-state index is 13.1. The molecule has 0 unspecified atom stereocenters. The van der Waals surface area contributed by atoms with Crippen molar-refractivity contribution >= 4 is 15.7 Å². The predicted octanol–water partition coefficient (Wildman–Crippen LogP) is 3.44. The van der Waals surface area contributed by atoms with Crippen LogP contribution in [0.3, 0.4) is 0 Å². The van der Waals surface area contributed by atoms with Crippen LogP contribution in [-0.4, -0.2) is 52.6 Å². The number of halogens is 1. The van der Waals surface area contributed by atoms with Crippen LogP contribution in [0.1, 0.15) is 31.7 Å². The fourth-order valence-corrected chi connectivity index (χ4v) is 4.58. The molecule has 5 nitrogen and oxygen atoms in total. The molecular weight excluding hydrogens is 389 g/mol. The van der Waals surface area contributed by atoms with Crippen molar-refractivity contribution < 1.29 is 12.8 Å². The van der Waals surface area contributed by atoms with Crippen molar-refractivity contribution in [2.75, 3.05) is 44.2 Å². The molecule has 0 radical (unpaired) electrons. The first-order chi connectivity index (χ1) is 13.8. The zero-order valence-corrected chi connectivity index (χ0v) is 18.0. The summed E-state index contributed by atoms with van der Waals surface area (Å²) in [7, 11) is -3.46. The molecule has 1 aliphatic heterocycles. The van der Waals surface area contributed by atoms with E-state index in [0.717, 1.165) is 50.4 Å². The van der Waals surface area contributed by atoms with Gasteiger partial charge in [0.05, 0.1) is 4.90 Å². The molecule has 1 saturated heterocycles. The number of anilines is 1. The maximum absolute atomic E-state index is 13.1. The fraction of sp³-hybridized carbons (Fsp3) is 0.455.